The van der Waals surface area contributed by atoms with E-state index < -0.39 is 0 Å². The minimum atomic E-state index is 0.536. The standard InChI is InChI=1S/C13H19N3/c1-2-6-12-9-13(15-10-14-12)16-11-7-4-3-5-8-11/h3-4,9-11H,2,5-8H2,1H3,(H,14,15,16). The summed E-state index contributed by atoms with van der Waals surface area (Å²) < 4.78 is 0. The average molecular weight is 217 g/mol. The Bertz CT molecular complexity index is 360. The first-order valence-electron chi connectivity index (χ1n) is 6.11. The lowest BCUT2D eigenvalue weighted by molar-refractivity contribution is 0.641. The molecule has 1 atom stereocenters. The maximum absolute atomic E-state index is 4.27. The highest BCUT2D eigenvalue weighted by Gasteiger charge is 2.10. The molecule has 86 valence electrons. The first-order valence-corrected chi connectivity index (χ1v) is 6.11. The molecular weight excluding hydrogens is 198 g/mol. The zero-order valence-corrected chi connectivity index (χ0v) is 9.82. The highest BCUT2D eigenvalue weighted by molar-refractivity contribution is 5.36. The molecule has 1 aliphatic carbocycles. The summed E-state index contributed by atoms with van der Waals surface area (Å²) in [4.78, 5) is 8.53. The van der Waals surface area contributed by atoms with E-state index in [4.69, 9.17) is 0 Å². The van der Waals surface area contributed by atoms with Gasteiger partial charge in [0.15, 0.2) is 0 Å². The second kappa shape index (κ2) is 5.64. The quantitative estimate of drug-likeness (QED) is 0.788. The molecule has 3 nitrogen and oxygen atoms in total. The number of nitrogens with one attached hydrogen (secondary N) is 1. The lowest BCUT2D eigenvalue weighted by atomic mass is 10.0. The van der Waals surface area contributed by atoms with Crippen LogP contribution in [0.5, 0.6) is 0 Å². The summed E-state index contributed by atoms with van der Waals surface area (Å²) in [6.07, 6.45) is 11.8. The number of nitrogens with zero attached hydrogens (tertiary/aromatic N) is 2. The fourth-order valence-electron chi connectivity index (χ4n) is 2.00. The van der Waals surface area contributed by atoms with Gasteiger partial charge < -0.3 is 5.32 Å². The normalized spacial score (nSPS) is 19.7. The van der Waals surface area contributed by atoms with Gasteiger partial charge in [-0.15, -0.1) is 0 Å². The summed E-state index contributed by atoms with van der Waals surface area (Å²) in [5, 5.41) is 3.48. The van der Waals surface area contributed by atoms with Crippen molar-refractivity contribution < 1.29 is 0 Å². The molecule has 1 aromatic heterocycles. The van der Waals surface area contributed by atoms with Crippen LogP contribution < -0.4 is 5.32 Å². The zero-order valence-electron chi connectivity index (χ0n) is 9.82. The van der Waals surface area contributed by atoms with Crippen molar-refractivity contribution >= 4 is 5.82 Å². The van der Waals surface area contributed by atoms with Crippen LogP contribution in [0.2, 0.25) is 0 Å². The van der Waals surface area contributed by atoms with E-state index in [1.807, 2.05) is 0 Å². The van der Waals surface area contributed by atoms with Crippen LogP contribution in [0.4, 0.5) is 5.82 Å². The Labute approximate surface area is 97.0 Å². The Balaban J connectivity index is 1.97. The van der Waals surface area contributed by atoms with E-state index in [0.29, 0.717) is 6.04 Å². The molecule has 0 radical (unpaired) electrons. The molecule has 0 bridgehead atoms. The molecule has 0 saturated heterocycles. The summed E-state index contributed by atoms with van der Waals surface area (Å²) in [7, 11) is 0. The van der Waals surface area contributed by atoms with Crippen LogP contribution >= 0.6 is 0 Å². The van der Waals surface area contributed by atoms with Crippen molar-refractivity contribution in [3.63, 3.8) is 0 Å². The largest absolute Gasteiger partial charge is 0.367 e. The Morgan fingerprint density at radius 1 is 1.38 bits per heavy atom. The van der Waals surface area contributed by atoms with Crippen LogP contribution in [-0.2, 0) is 6.42 Å². The Kier molecular flexibility index (Phi) is 3.91. The minimum Gasteiger partial charge on any atom is -0.367 e. The van der Waals surface area contributed by atoms with E-state index in [2.05, 4.69) is 40.4 Å². The van der Waals surface area contributed by atoms with Gasteiger partial charge in [0.25, 0.3) is 0 Å². The number of hydrogen-bond donors (Lipinski definition) is 1. The molecule has 0 aliphatic heterocycles. The van der Waals surface area contributed by atoms with Gasteiger partial charge in [0.2, 0.25) is 0 Å². The molecule has 0 spiro atoms. The fourth-order valence-corrected chi connectivity index (χ4v) is 2.00. The Hall–Kier alpha value is -1.38. The lowest BCUT2D eigenvalue weighted by Gasteiger charge is -2.19. The van der Waals surface area contributed by atoms with Crippen LogP contribution in [0, 0.1) is 0 Å². The number of aromatic nitrogens is 2. The van der Waals surface area contributed by atoms with Crippen LogP contribution in [0.1, 0.15) is 38.3 Å². The SMILES string of the molecule is CCCc1cc(NC2CC=CCC2)ncn1. The van der Waals surface area contributed by atoms with E-state index >= 15 is 0 Å². The molecule has 1 aromatic rings. The van der Waals surface area contributed by atoms with E-state index in [0.717, 1.165) is 30.8 Å². The number of aryl methyl sites for hydroxylation is 1. The molecule has 3 heteroatoms. The van der Waals surface area contributed by atoms with Crippen LogP contribution in [0.3, 0.4) is 0 Å². The van der Waals surface area contributed by atoms with Gasteiger partial charge in [0.1, 0.15) is 12.1 Å². The van der Waals surface area contributed by atoms with Gasteiger partial charge in [-0.2, -0.15) is 0 Å². The third kappa shape index (κ3) is 3.05. The molecule has 0 aromatic carbocycles. The fraction of sp³-hybridized carbons (Fsp3) is 0.538. The topological polar surface area (TPSA) is 37.8 Å². The van der Waals surface area contributed by atoms with Crippen molar-refractivity contribution in [1.82, 2.24) is 9.97 Å². The van der Waals surface area contributed by atoms with Crippen molar-refractivity contribution in [2.45, 2.75) is 45.1 Å². The third-order valence-corrected chi connectivity index (χ3v) is 2.85. The predicted molar refractivity (Wildman–Crippen MR) is 66.4 cm³/mol. The Morgan fingerprint density at radius 3 is 3.06 bits per heavy atom. The van der Waals surface area contributed by atoms with E-state index in [1.165, 1.54) is 12.8 Å². The monoisotopic (exact) mass is 217 g/mol. The Morgan fingerprint density at radius 2 is 2.31 bits per heavy atom. The van der Waals surface area contributed by atoms with Gasteiger partial charge in [-0.05, 0) is 25.7 Å². The maximum Gasteiger partial charge on any atom is 0.129 e. The number of allylic oxidation sites excluding steroid dienone is 1. The van der Waals surface area contributed by atoms with Crippen molar-refractivity contribution in [2.75, 3.05) is 5.32 Å². The number of hydrogen-bond acceptors (Lipinski definition) is 3. The molecule has 0 amide bonds. The van der Waals surface area contributed by atoms with Crippen molar-refractivity contribution in [2.24, 2.45) is 0 Å². The van der Waals surface area contributed by atoms with Gasteiger partial charge in [-0.25, -0.2) is 9.97 Å². The van der Waals surface area contributed by atoms with Gasteiger partial charge >= 0.3 is 0 Å². The number of rotatable bonds is 4. The second-order valence-corrected chi connectivity index (χ2v) is 4.27. The van der Waals surface area contributed by atoms with E-state index in [-0.39, 0.29) is 0 Å². The maximum atomic E-state index is 4.27. The molecule has 0 fully saturated rings. The van der Waals surface area contributed by atoms with Gasteiger partial charge in [-0.3, -0.25) is 0 Å². The minimum absolute atomic E-state index is 0.536. The van der Waals surface area contributed by atoms with E-state index in [1.54, 1.807) is 6.33 Å². The summed E-state index contributed by atoms with van der Waals surface area (Å²) in [5.41, 5.74) is 1.13. The molecule has 1 heterocycles. The average Bonchev–Trinajstić information content (AvgIpc) is 2.31. The first-order chi connectivity index (χ1) is 7.88. The highest BCUT2D eigenvalue weighted by Crippen LogP contribution is 2.16. The lowest BCUT2D eigenvalue weighted by Crippen LogP contribution is -2.21. The van der Waals surface area contributed by atoms with Crippen LogP contribution in [0.15, 0.2) is 24.5 Å². The summed E-state index contributed by atoms with van der Waals surface area (Å²) in [5.74, 6) is 0.971. The molecule has 16 heavy (non-hydrogen) atoms. The van der Waals surface area contributed by atoms with E-state index in [9.17, 15) is 0 Å². The van der Waals surface area contributed by atoms with Gasteiger partial charge in [0, 0.05) is 17.8 Å². The second-order valence-electron chi connectivity index (χ2n) is 4.27. The van der Waals surface area contributed by atoms with Crippen LogP contribution in [-0.4, -0.2) is 16.0 Å². The smallest absolute Gasteiger partial charge is 0.129 e. The van der Waals surface area contributed by atoms with Crippen molar-refractivity contribution in [1.29, 1.82) is 0 Å². The molecular formula is C13H19N3. The van der Waals surface area contributed by atoms with Crippen molar-refractivity contribution in [3.8, 4) is 0 Å². The molecule has 1 aliphatic rings. The predicted octanol–water partition coefficient (Wildman–Crippen LogP) is 2.95. The highest BCUT2D eigenvalue weighted by atomic mass is 15.0. The first kappa shape index (κ1) is 11.1. The summed E-state index contributed by atoms with van der Waals surface area (Å²) in [6.45, 7) is 2.17. The van der Waals surface area contributed by atoms with Crippen LogP contribution in [0.25, 0.3) is 0 Å². The van der Waals surface area contributed by atoms with Gasteiger partial charge in [-0.1, -0.05) is 25.5 Å². The summed E-state index contributed by atoms with van der Waals surface area (Å²) in [6, 6.07) is 2.61. The zero-order chi connectivity index (χ0) is 11.2. The van der Waals surface area contributed by atoms with Gasteiger partial charge in [0.05, 0.1) is 0 Å². The summed E-state index contributed by atoms with van der Waals surface area (Å²) >= 11 is 0. The third-order valence-electron chi connectivity index (χ3n) is 2.85. The molecule has 0 saturated carbocycles. The molecule has 1 N–H and O–H groups in total. The molecule has 2 rings (SSSR count). The molecule has 1 unspecified atom stereocenters. The number of anilines is 1. The van der Waals surface area contributed by atoms with Crippen molar-refractivity contribution in [3.05, 3.63) is 30.2 Å².